The van der Waals surface area contributed by atoms with Crippen molar-refractivity contribution in [2.24, 2.45) is 0 Å². The van der Waals surface area contributed by atoms with Gasteiger partial charge in [0.1, 0.15) is 5.82 Å². The van der Waals surface area contributed by atoms with Crippen molar-refractivity contribution in [2.45, 2.75) is 83.7 Å². The van der Waals surface area contributed by atoms with Gasteiger partial charge in [-0.15, -0.1) is 0 Å². The summed E-state index contributed by atoms with van der Waals surface area (Å²) in [7, 11) is 0. The van der Waals surface area contributed by atoms with Gasteiger partial charge in [0.25, 0.3) is 5.91 Å². The summed E-state index contributed by atoms with van der Waals surface area (Å²) in [6.07, 6.45) is 6.87. The second-order valence-corrected chi connectivity index (χ2v) is 10.5. The van der Waals surface area contributed by atoms with Gasteiger partial charge >= 0.3 is 5.56 Å². The number of hydrogen-bond acceptors (Lipinski definition) is 4. The van der Waals surface area contributed by atoms with E-state index in [1.807, 2.05) is 23.3 Å². The number of hydrogen-bond donors (Lipinski definition) is 0. The Kier molecular flexibility index (Phi) is 7.27. The molecule has 7 heteroatoms. The van der Waals surface area contributed by atoms with Gasteiger partial charge in [-0.1, -0.05) is 54.2 Å². The molecule has 6 nitrogen and oxygen atoms in total. The van der Waals surface area contributed by atoms with Gasteiger partial charge in [-0.3, -0.25) is 9.59 Å². The predicted octanol–water partition coefficient (Wildman–Crippen LogP) is 5.10. The van der Waals surface area contributed by atoms with E-state index in [4.69, 9.17) is 4.74 Å². The molecule has 0 bridgehead atoms. The highest BCUT2D eigenvalue weighted by Crippen LogP contribution is 2.44. The largest absolute Gasteiger partial charge is 0.486 e. The van der Waals surface area contributed by atoms with Gasteiger partial charge in [-0.2, -0.15) is 4.98 Å². The average molecular weight is 516 g/mol. The molecule has 0 atom stereocenters. The Bertz CT molecular complexity index is 1060. The second-order valence-electron chi connectivity index (χ2n) is 9.63. The fourth-order valence-electron chi connectivity index (χ4n) is 5.28. The number of halogens is 1. The minimum absolute atomic E-state index is 0.0606. The number of rotatable bonds is 8. The number of ether oxygens (including phenoxy) is 1. The monoisotopic (exact) mass is 515 g/mol. The summed E-state index contributed by atoms with van der Waals surface area (Å²) in [6.45, 7) is 7.74. The first kappa shape index (κ1) is 24.0. The molecule has 2 aliphatic rings. The number of amides is 1. The van der Waals surface area contributed by atoms with E-state index in [0.29, 0.717) is 37.6 Å². The van der Waals surface area contributed by atoms with Crippen molar-refractivity contribution in [3.05, 3.63) is 56.2 Å². The van der Waals surface area contributed by atoms with Crippen molar-refractivity contribution in [1.29, 1.82) is 0 Å². The summed E-state index contributed by atoms with van der Waals surface area (Å²) in [6, 6.07) is 8.58. The van der Waals surface area contributed by atoms with Crippen LogP contribution < -0.4 is 10.3 Å². The highest BCUT2D eigenvalue weighted by atomic mass is 79.9. The molecule has 2 aromatic rings. The van der Waals surface area contributed by atoms with Crippen LogP contribution in [0.1, 0.15) is 81.2 Å². The zero-order valence-corrected chi connectivity index (χ0v) is 21.5. The predicted molar refractivity (Wildman–Crippen MR) is 133 cm³/mol. The van der Waals surface area contributed by atoms with Gasteiger partial charge in [-0.25, -0.2) is 0 Å². The number of benzene rings is 1. The molecule has 1 aromatic carbocycles. The van der Waals surface area contributed by atoms with Crippen LogP contribution in [0.3, 0.4) is 0 Å². The van der Waals surface area contributed by atoms with Crippen LogP contribution in [0.15, 0.2) is 33.5 Å². The lowest BCUT2D eigenvalue weighted by atomic mass is 9.76. The molecule has 33 heavy (non-hydrogen) atoms. The molecule has 0 saturated heterocycles. The summed E-state index contributed by atoms with van der Waals surface area (Å²) in [5, 5.41) is 0. The van der Waals surface area contributed by atoms with Gasteiger partial charge in [0.2, 0.25) is 5.75 Å². The molecule has 1 saturated carbocycles. The molecule has 0 radical (unpaired) electrons. The van der Waals surface area contributed by atoms with Crippen LogP contribution in [-0.4, -0.2) is 39.6 Å². The van der Waals surface area contributed by atoms with Crippen LogP contribution in [0.25, 0.3) is 0 Å². The Labute approximate surface area is 204 Å². The number of carbonyl (C=O) groups excluding carboxylic acids is 1. The number of fused-ring (bicyclic) bond motifs is 1. The van der Waals surface area contributed by atoms with Gasteiger partial charge in [-0.05, 0) is 50.8 Å². The van der Waals surface area contributed by atoms with E-state index in [2.05, 4.69) is 52.1 Å². The lowest BCUT2D eigenvalue weighted by molar-refractivity contribution is 0.0634. The Balaban J connectivity index is 1.79. The van der Waals surface area contributed by atoms with E-state index in [1.54, 1.807) is 0 Å². The van der Waals surface area contributed by atoms with Gasteiger partial charge in [0, 0.05) is 35.4 Å². The van der Waals surface area contributed by atoms with E-state index in [0.717, 1.165) is 43.0 Å². The Morgan fingerprint density at radius 1 is 1.12 bits per heavy atom. The van der Waals surface area contributed by atoms with E-state index >= 15 is 0 Å². The fraction of sp³-hybridized carbons (Fsp3) is 0.577. The average Bonchev–Trinajstić information content (AvgIpc) is 3.26. The molecule has 1 aromatic heterocycles. The number of carbonyl (C=O) groups is 1. The van der Waals surface area contributed by atoms with Crippen molar-refractivity contribution < 1.29 is 9.53 Å². The van der Waals surface area contributed by atoms with Crippen LogP contribution in [-0.2, 0) is 18.4 Å². The molecule has 0 unspecified atom stereocenters. The first-order chi connectivity index (χ1) is 15.9. The van der Waals surface area contributed by atoms with E-state index in [-0.39, 0.29) is 23.1 Å². The molecule has 4 rings (SSSR count). The summed E-state index contributed by atoms with van der Waals surface area (Å²) in [5.74, 6) is 0.693. The topological polar surface area (TPSA) is 64.4 Å². The van der Waals surface area contributed by atoms with Crippen LogP contribution in [0, 0.1) is 0 Å². The van der Waals surface area contributed by atoms with Crippen molar-refractivity contribution in [3.8, 4) is 5.75 Å². The molecule has 1 aliphatic carbocycles. The molecule has 1 amide bonds. The standard InChI is InChI=1S/C26H34BrN3O3/c1-4-5-16-33-23-22-25(32)29(18(2)3)14-15-30(22)21(28-24(23)31)17-26(12-6-7-13-26)19-8-10-20(27)11-9-19/h8-11,18H,4-7,12-17H2,1-3H3. The lowest BCUT2D eigenvalue weighted by Crippen LogP contribution is -2.47. The summed E-state index contributed by atoms with van der Waals surface area (Å²) in [4.78, 5) is 33.0. The number of aromatic nitrogens is 2. The molecule has 1 fully saturated rings. The molecule has 1 aliphatic heterocycles. The Morgan fingerprint density at radius 3 is 2.45 bits per heavy atom. The van der Waals surface area contributed by atoms with Crippen molar-refractivity contribution in [2.75, 3.05) is 13.2 Å². The number of nitrogens with zero attached hydrogens (tertiary/aromatic N) is 3. The Hall–Kier alpha value is -2.15. The summed E-state index contributed by atoms with van der Waals surface area (Å²) in [5.41, 5.74) is 1.17. The van der Waals surface area contributed by atoms with Gasteiger partial charge in [0.05, 0.1) is 6.61 Å². The normalized spacial score (nSPS) is 17.5. The van der Waals surface area contributed by atoms with Crippen LogP contribution >= 0.6 is 15.9 Å². The van der Waals surface area contributed by atoms with E-state index in [9.17, 15) is 9.59 Å². The summed E-state index contributed by atoms with van der Waals surface area (Å²) < 4.78 is 8.90. The van der Waals surface area contributed by atoms with Crippen LogP contribution in [0.5, 0.6) is 5.75 Å². The first-order valence-electron chi connectivity index (χ1n) is 12.2. The lowest BCUT2D eigenvalue weighted by Gasteiger charge is -2.36. The highest BCUT2D eigenvalue weighted by molar-refractivity contribution is 9.10. The third kappa shape index (κ3) is 4.75. The van der Waals surface area contributed by atoms with E-state index < -0.39 is 5.56 Å². The highest BCUT2D eigenvalue weighted by Gasteiger charge is 2.39. The van der Waals surface area contributed by atoms with Crippen molar-refractivity contribution in [1.82, 2.24) is 14.5 Å². The molecule has 0 spiro atoms. The van der Waals surface area contributed by atoms with Crippen LogP contribution in [0.4, 0.5) is 0 Å². The van der Waals surface area contributed by atoms with Gasteiger partial charge < -0.3 is 14.2 Å². The Morgan fingerprint density at radius 2 is 1.82 bits per heavy atom. The first-order valence-corrected chi connectivity index (χ1v) is 13.0. The van der Waals surface area contributed by atoms with Crippen LogP contribution in [0.2, 0.25) is 0 Å². The van der Waals surface area contributed by atoms with Crippen molar-refractivity contribution in [3.63, 3.8) is 0 Å². The fourth-order valence-corrected chi connectivity index (χ4v) is 5.55. The molecule has 0 N–H and O–H groups in total. The molecule has 178 valence electrons. The minimum atomic E-state index is -0.421. The zero-order valence-electron chi connectivity index (χ0n) is 19.9. The molecule has 2 heterocycles. The molecular formula is C26H34BrN3O3. The van der Waals surface area contributed by atoms with Gasteiger partial charge in [0.15, 0.2) is 5.69 Å². The third-order valence-corrected chi connectivity index (χ3v) is 7.66. The zero-order chi connectivity index (χ0) is 23.6. The smallest absolute Gasteiger partial charge is 0.316 e. The minimum Gasteiger partial charge on any atom is -0.486 e. The summed E-state index contributed by atoms with van der Waals surface area (Å²) >= 11 is 3.54. The maximum absolute atomic E-state index is 13.5. The number of unbranched alkanes of at least 4 members (excludes halogenated alkanes) is 1. The molecular weight excluding hydrogens is 482 g/mol. The maximum atomic E-state index is 13.5. The third-order valence-electron chi connectivity index (χ3n) is 7.13. The quantitative estimate of drug-likeness (QED) is 0.458. The van der Waals surface area contributed by atoms with E-state index in [1.165, 1.54) is 5.56 Å². The van der Waals surface area contributed by atoms with Crippen molar-refractivity contribution >= 4 is 21.8 Å². The SMILES string of the molecule is CCCCOc1c2n(c(CC3(c4ccc(Br)cc4)CCCC3)nc1=O)CCN(C(C)C)C2=O. The maximum Gasteiger partial charge on any atom is 0.316 e. The second kappa shape index (κ2) is 10.00.